The van der Waals surface area contributed by atoms with Crippen molar-refractivity contribution < 1.29 is 19.1 Å². The van der Waals surface area contributed by atoms with E-state index < -0.39 is 6.04 Å². The molecule has 6 nitrogen and oxygen atoms in total. The number of carbonyl (C=O) groups is 2. The van der Waals surface area contributed by atoms with Crippen LogP contribution >= 0.6 is 0 Å². The first-order chi connectivity index (χ1) is 11.5. The Kier molecular flexibility index (Phi) is 8.39. The minimum atomic E-state index is -0.582. The van der Waals surface area contributed by atoms with Crippen LogP contribution in [0.2, 0.25) is 0 Å². The number of methoxy groups -OCH3 is 1. The van der Waals surface area contributed by atoms with Crippen LogP contribution in [-0.4, -0.2) is 38.1 Å². The van der Waals surface area contributed by atoms with Gasteiger partial charge >= 0.3 is 0 Å². The Bertz CT molecular complexity index is 584. The lowest BCUT2D eigenvalue weighted by Crippen LogP contribution is -2.44. The second-order valence-corrected chi connectivity index (χ2v) is 5.22. The zero-order valence-corrected chi connectivity index (χ0v) is 14.7. The highest BCUT2D eigenvalue weighted by Gasteiger charge is 2.12. The number of rotatable bonds is 9. The summed E-state index contributed by atoms with van der Waals surface area (Å²) in [7, 11) is 1.57. The molecule has 0 fully saturated rings. The Balaban J connectivity index is 2.69. The Morgan fingerprint density at radius 3 is 2.62 bits per heavy atom. The summed E-state index contributed by atoms with van der Waals surface area (Å²) in [5.74, 6) is 0.741. The lowest BCUT2D eigenvalue weighted by atomic mass is 10.2. The van der Waals surface area contributed by atoms with Crippen molar-refractivity contribution in [3.63, 3.8) is 0 Å². The summed E-state index contributed by atoms with van der Waals surface area (Å²) < 4.78 is 10.9. The fraction of sp³-hybridized carbons (Fsp3) is 0.444. The van der Waals surface area contributed by atoms with Crippen LogP contribution < -0.4 is 20.1 Å². The van der Waals surface area contributed by atoms with Gasteiger partial charge in [-0.05, 0) is 44.0 Å². The highest BCUT2D eigenvalue weighted by Crippen LogP contribution is 2.28. The number of likely N-dealkylation sites (N-methyl/N-ethyl adjacent to an activating group) is 1. The molecule has 0 saturated carbocycles. The predicted molar refractivity (Wildman–Crippen MR) is 94.1 cm³/mol. The molecule has 24 heavy (non-hydrogen) atoms. The van der Waals surface area contributed by atoms with Crippen molar-refractivity contribution in [1.82, 2.24) is 10.6 Å². The number of hydrogen-bond acceptors (Lipinski definition) is 4. The minimum Gasteiger partial charge on any atom is -0.493 e. The van der Waals surface area contributed by atoms with Crippen LogP contribution in [-0.2, 0) is 9.59 Å². The molecule has 0 aromatic heterocycles. The average Bonchev–Trinajstić information content (AvgIpc) is 2.58. The molecular weight excluding hydrogens is 308 g/mol. The van der Waals surface area contributed by atoms with Gasteiger partial charge in [0, 0.05) is 12.6 Å². The van der Waals surface area contributed by atoms with Gasteiger partial charge in [0.15, 0.2) is 11.5 Å². The average molecular weight is 334 g/mol. The largest absolute Gasteiger partial charge is 0.493 e. The lowest BCUT2D eigenvalue weighted by Gasteiger charge is -2.12. The van der Waals surface area contributed by atoms with Crippen LogP contribution in [0.3, 0.4) is 0 Å². The van der Waals surface area contributed by atoms with Gasteiger partial charge in [-0.3, -0.25) is 9.59 Å². The van der Waals surface area contributed by atoms with Crippen LogP contribution in [0.1, 0.15) is 32.8 Å². The molecule has 0 aliphatic carbocycles. The van der Waals surface area contributed by atoms with Gasteiger partial charge in [0.2, 0.25) is 11.8 Å². The first kappa shape index (κ1) is 19.5. The van der Waals surface area contributed by atoms with E-state index >= 15 is 0 Å². The third-order valence-corrected chi connectivity index (χ3v) is 3.18. The highest BCUT2D eigenvalue weighted by atomic mass is 16.5. The van der Waals surface area contributed by atoms with Crippen LogP contribution in [0.5, 0.6) is 11.5 Å². The van der Waals surface area contributed by atoms with Crippen LogP contribution in [0.4, 0.5) is 0 Å². The van der Waals surface area contributed by atoms with Crippen molar-refractivity contribution in [2.75, 3.05) is 20.3 Å². The van der Waals surface area contributed by atoms with Gasteiger partial charge in [-0.15, -0.1) is 0 Å². The number of ether oxygens (including phenoxy) is 2. The van der Waals surface area contributed by atoms with E-state index in [4.69, 9.17) is 9.47 Å². The van der Waals surface area contributed by atoms with E-state index in [0.717, 1.165) is 12.0 Å². The first-order valence-corrected chi connectivity index (χ1v) is 8.08. The highest BCUT2D eigenvalue weighted by molar-refractivity contribution is 5.95. The van der Waals surface area contributed by atoms with E-state index in [9.17, 15) is 9.59 Å². The molecule has 0 aliphatic rings. The van der Waals surface area contributed by atoms with Gasteiger partial charge in [-0.2, -0.15) is 0 Å². The third-order valence-electron chi connectivity index (χ3n) is 3.18. The third kappa shape index (κ3) is 6.32. The van der Waals surface area contributed by atoms with Crippen LogP contribution in [0.25, 0.3) is 6.08 Å². The van der Waals surface area contributed by atoms with Crippen molar-refractivity contribution in [1.29, 1.82) is 0 Å². The van der Waals surface area contributed by atoms with E-state index in [2.05, 4.69) is 10.6 Å². The molecule has 6 heteroatoms. The molecule has 132 valence electrons. The molecule has 0 unspecified atom stereocenters. The molecule has 0 heterocycles. The molecule has 1 atom stereocenters. The molecule has 1 rings (SSSR count). The zero-order valence-electron chi connectivity index (χ0n) is 14.7. The number of hydrogen-bond donors (Lipinski definition) is 2. The quantitative estimate of drug-likeness (QED) is 0.678. The minimum absolute atomic E-state index is 0.210. The van der Waals surface area contributed by atoms with Crippen molar-refractivity contribution in [2.24, 2.45) is 0 Å². The summed E-state index contributed by atoms with van der Waals surface area (Å²) in [6, 6.07) is 4.86. The summed E-state index contributed by atoms with van der Waals surface area (Å²) in [5.41, 5.74) is 0.802. The Morgan fingerprint density at radius 2 is 2.00 bits per heavy atom. The molecule has 2 amide bonds. The SMILES string of the molecule is CCCOc1ccc(/C=C/C(=O)N[C@@H](C)C(=O)NCC)cc1OC. The standard InChI is InChI=1S/C18H26N2O4/c1-5-11-24-15-9-7-14(12-16(15)23-4)8-10-17(21)20-13(3)18(22)19-6-2/h7-10,12-13H,5-6,11H2,1-4H3,(H,19,22)(H,20,21)/b10-8+/t13-/m0/s1. The summed E-state index contributed by atoms with van der Waals surface area (Å²) in [6.07, 6.45) is 3.96. The molecule has 0 saturated heterocycles. The fourth-order valence-electron chi connectivity index (χ4n) is 1.95. The van der Waals surface area contributed by atoms with Gasteiger partial charge in [-0.1, -0.05) is 13.0 Å². The molecule has 0 bridgehead atoms. The normalized spacial score (nSPS) is 11.8. The van der Waals surface area contributed by atoms with Gasteiger partial charge in [0.25, 0.3) is 0 Å². The number of nitrogens with one attached hydrogen (secondary N) is 2. The van der Waals surface area contributed by atoms with Gasteiger partial charge < -0.3 is 20.1 Å². The number of benzene rings is 1. The topological polar surface area (TPSA) is 76.7 Å². The van der Waals surface area contributed by atoms with Crippen molar-refractivity contribution >= 4 is 17.9 Å². The monoisotopic (exact) mass is 334 g/mol. The van der Waals surface area contributed by atoms with E-state index in [1.807, 2.05) is 26.0 Å². The summed E-state index contributed by atoms with van der Waals surface area (Å²) >= 11 is 0. The summed E-state index contributed by atoms with van der Waals surface area (Å²) in [6.45, 7) is 6.64. The maximum Gasteiger partial charge on any atom is 0.244 e. The fourth-order valence-corrected chi connectivity index (χ4v) is 1.95. The van der Waals surface area contributed by atoms with Gasteiger partial charge in [-0.25, -0.2) is 0 Å². The van der Waals surface area contributed by atoms with E-state index in [0.29, 0.717) is 24.7 Å². The smallest absolute Gasteiger partial charge is 0.244 e. The van der Waals surface area contributed by atoms with E-state index in [-0.39, 0.29) is 11.8 Å². The number of carbonyl (C=O) groups excluding carboxylic acids is 2. The maximum absolute atomic E-state index is 11.9. The van der Waals surface area contributed by atoms with Crippen molar-refractivity contribution in [3.05, 3.63) is 29.8 Å². The van der Waals surface area contributed by atoms with Crippen molar-refractivity contribution in [2.45, 2.75) is 33.2 Å². The van der Waals surface area contributed by atoms with Gasteiger partial charge in [0.1, 0.15) is 6.04 Å². The first-order valence-electron chi connectivity index (χ1n) is 8.08. The predicted octanol–water partition coefficient (Wildman–Crippen LogP) is 2.14. The molecular formula is C18H26N2O4. The lowest BCUT2D eigenvalue weighted by molar-refractivity contribution is -0.126. The molecule has 0 spiro atoms. The van der Waals surface area contributed by atoms with Crippen molar-refractivity contribution in [3.8, 4) is 11.5 Å². The molecule has 0 radical (unpaired) electrons. The summed E-state index contributed by atoms with van der Waals surface area (Å²) in [5, 5.41) is 5.26. The van der Waals surface area contributed by atoms with E-state index in [1.54, 1.807) is 26.2 Å². The molecule has 0 aliphatic heterocycles. The molecule has 1 aromatic rings. The molecule has 1 aromatic carbocycles. The molecule has 2 N–H and O–H groups in total. The second kappa shape index (κ2) is 10.3. The van der Waals surface area contributed by atoms with Crippen LogP contribution in [0, 0.1) is 0 Å². The maximum atomic E-state index is 11.9. The number of amides is 2. The zero-order chi connectivity index (χ0) is 17.9. The van der Waals surface area contributed by atoms with E-state index in [1.165, 1.54) is 6.08 Å². The van der Waals surface area contributed by atoms with Crippen LogP contribution in [0.15, 0.2) is 24.3 Å². The Hall–Kier alpha value is -2.50. The second-order valence-electron chi connectivity index (χ2n) is 5.22. The summed E-state index contributed by atoms with van der Waals surface area (Å²) in [4.78, 5) is 23.4. The van der Waals surface area contributed by atoms with Gasteiger partial charge in [0.05, 0.1) is 13.7 Å². The Morgan fingerprint density at radius 1 is 1.25 bits per heavy atom. The Labute approximate surface area is 143 Å².